The lowest BCUT2D eigenvalue weighted by molar-refractivity contribution is -0.118. The van der Waals surface area contributed by atoms with Crippen LogP contribution in [0.1, 0.15) is 103 Å². The third kappa shape index (κ3) is 16.9. The summed E-state index contributed by atoms with van der Waals surface area (Å²) in [6, 6.07) is 0. The van der Waals surface area contributed by atoms with Gasteiger partial charge in [-0.1, -0.05) is 90.4 Å². The molecular weight excluding hydrogens is 262 g/mol. The Labute approximate surface area is 130 Å². The Morgan fingerprint density at radius 2 is 1.14 bits per heavy atom. The zero-order valence-electron chi connectivity index (χ0n) is 13.9. The molecule has 4 heteroatoms. The molecule has 21 heavy (non-hydrogen) atoms. The van der Waals surface area contributed by atoms with Crippen LogP contribution in [0.2, 0.25) is 0 Å². The second kappa shape index (κ2) is 17.0. The van der Waals surface area contributed by atoms with Crippen molar-refractivity contribution >= 4 is 5.91 Å². The molecule has 0 aliphatic rings. The molecular formula is C17H33N3O. The third-order valence-electron chi connectivity index (χ3n) is 3.90. The van der Waals surface area contributed by atoms with Gasteiger partial charge in [0.05, 0.1) is 0 Å². The van der Waals surface area contributed by atoms with Crippen LogP contribution < -0.4 is 0 Å². The molecule has 0 heterocycles. The third-order valence-corrected chi connectivity index (χ3v) is 3.90. The van der Waals surface area contributed by atoms with E-state index in [9.17, 15) is 4.79 Å². The Kier molecular flexibility index (Phi) is 16.2. The number of nitrogens with zero attached hydrogens (tertiary/aromatic N) is 3. The van der Waals surface area contributed by atoms with Crippen LogP contribution in [0.15, 0.2) is 5.11 Å². The average Bonchev–Trinajstić information content (AvgIpc) is 2.48. The van der Waals surface area contributed by atoms with Gasteiger partial charge in [-0.25, -0.2) is 0 Å². The van der Waals surface area contributed by atoms with Gasteiger partial charge in [0.1, 0.15) is 0 Å². The summed E-state index contributed by atoms with van der Waals surface area (Å²) in [5.41, 5.74) is 8.09. The van der Waals surface area contributed by atoms with E-state index < -0.39 is 0 Å². The molecule has 0 saturated carbocycles. The van der Waals surface area contributed by atoms with Crippen LogP contribution in [-0.2, 0) is 4.79 Å². The van der Waals surface area contributed by atoms with Crippen LogP contribution >= 0.6 is 0 Å². The van der Waals surface area contributed by atoms with E-state index in [1.165, 1.54) is 77.0 Å². The highest BCUT2D eigenvalue weighted by Crippen LogP contribution is 2.13. The molecule has 4 nitrogen and oxygen atoms in total. The predicted molar refractivity (Wildman–Crippen MR) is 89.1 cm³/mol. The second-order valence-electron chi connectivity index (χ2n) is 5.93. The summed E-state index contributed by atoms with van der Waals surface area (Å²) < 4.78 is 0. The second-order valence-corrected chi connectivity index (χ2v) is 5.93. The summed E-state index contributed by atoms with van der Waals surface area (Å²) in [6.45, 7) is 2.26. The molecule has 0 atom stereocenters. The van der Waals surface area contributed by atoms with Crippen molar-refractivity contribution in [2.24, 2.45) is 5.11 Å². The fourth-order valence-electron chi connectivity index (χ4n) is 2.57. The van der Waals surface area contributed by atoms with Gasteiger partial charge in [0.25, 0.3) is 0 Å². The summed E-state index contributed by atoms with van der Waals surface area (Å²) >= 11 is 0. The minimum atomic E-state index is -0.323. The molecule has 0 aliphatic heterocycles. The zero-order chi connectivity index (χ0) is 15.6. The number of hydrogen-bond donors (Lipinski definition) is 0. The Balaban J connectivity index is 3.06. The molecule has 0 N–H and O–H groups in total. The molecule has 0 unspecified atom stereocenters. The summed E-state index contributed by atoms with van der Waals surface area (Å²) in [5, 5.41) is 3.07. The summed E-state index contributed by atoms with van der Waals surface area (Å²) in [6.07, 6.45) is 18.6. The predicted octanol–water partition coefficient (Wildman–Crippen LogP) is 6.69. The molecule has 0 spiro atoms. The minimum absolute atomic E-state index is 0.323. The van der Waals surface area contributed by atoms with Gasteiger partial charge in [-0.05, 0) is 17.1 Å². The maximum Gasteiger partial charge on any atom is 0.218 e. The first-order chi connectivity index (χ1) is 10.3. The van der Waals surface area contributed by atoms with Crippen LogP contribution in [0.5, 0.6) is 0 Å². The highest BCUT2D eigenvalue weighted by Gasteiger charge is 1.98. The zero-order valence-corrected chi connectivity index (χ0v) is 13.9. The topological polar surface area (TPSA) is 65.8 Å². The van der Waals surface area contributed by atoms with Gasteiger partial charge < -0.3 is 0 Å². The molecule has 0 rings (SSSR count). The van der Waals surface area contributed by atoms with Crippen molar-refractivity contribution in [2.75, 3.05) is 0 Å². The maximum atomic E-state index is 10.9. The van der Waals surface area contributed by atoms with E-state index in [0.717, 1.165) is 12.8 Å². The van der Waals surface area contributed by atoms with Crippen molar-refractivity contribution in [3.05, 3.63) is 10.4 Å². The summed E-state index contributed by atoms with van der Waals surface area (Å²) in [5.74, 6) is -0.323. The monoisotopic (exact) mass is 295 g/mol. The number of carbonyl (C=O) groups excluding carboxylic acids is 1. The Bertz CT molecular complexity index is 286. The SMILES string of the molecule is CCCCCCCCCCCCCCCCC(=O)N=[N+]=[N-]. The number of hydrogen-bond acceptors (Lipinski definition) is 1. The quantitative estimate of drug-likeness (QED) is 0.143. The van der Waals surface area contributed by atoms with E-state index in [2.05, 4.69) is 16.9 Å². The van der Waals surface area contributed by atoms with Crippen molar-refractivity contribution in [3.63, 3.8) is 0 Å². The molecule has 0 radical (unpaired) electrons. The highest BCUT2D eigenvalue weighted by atomic mass is 16.1. The van der Waals surface area contributed by atoms with Crippen LogP contribution in [0.4, 0.5) is 0 Å². The largest absolute Gasteiger partial charge is 0.293 e. The lowest BCUT2D eigenvalue weighted by atomic mass is 10.0. The van der Waals surface area contributed by atoms with Gasteiger partial charge >= 0.3 is 0 Å². The first kappa shape index (κ1) is 20.0. The standard InChI is InChI=1S/C17H33N3O/c1-2-3-4-5-6-7-8-9-10-11-12-13-14-15-16-17(21)19-20-18/h2-16H2,1H3. The van der Waals surface area contributed by atoms with E-state index in [1.54, 1.807) is 0 Å². The van der Waals surface area contributed by atoms with Gasteiger partial charge in [-0.2, -0.15) is 0 Å². The molecule has 0 aromatic rings. The van der Waals surface area contributed by atoms with E-state index in [4.69, 9.17) is 5.53 Å². The summed E-state index contributed by atoms with van der Waals surface area (Å²) in [4.78, 5) is 13.4. The first-order valence-corrected chi connectivity index (χ1v) is 8.89. The van der Waals surface area contributed by atoms with Crippen molar-refractivity contribution in [1.82, 2.24) is 0 Å². The molecule has 0 aromatic carbocycles. The molecule has 0 bridgehead atoms. The average molecular weight is 295 g/mol. The Morgan fingerprint density at radius 3 is 1.52 bits per heavy atom. The smallest absolute Gasteiger partial charge is 0.218 e. The van der Waals surface area contributed by atoms with Crippen molar-refractivity contribution in [1.29, 1.82) is 0 Å². The van der Waals surface area contributed by atoms with E-state index in [0.29, 0.717) is 6.42 Å². The normalized spacial score (nSPS) is 10.3. The lowest BCUT2D eigenvalue weighted by Gasteiger charge is -2.02. The van der Waals surface area contributed by atoms with Crippen molar-refractivity contribution in [2.45, 2.75) is 103 Å². The van der Waals surface area contributed by atoms with Gasteiger partial charge in [0, 0.05) is 11.3 Å². The van der Waals surface area contributed by atoms with E-state index >= 15 is 0 Å². The lowest BCUT2D eigenvalue weighted by Crippen LogP contribution is -1.91. The molecule has 0 aromatic heterocycles. The van der Waals surface area contributed by atoms with Crippen LogP contribution in [0.25, 0.3) is 10.4 Å². The van der Waals surface area contributed by atoms with Gasteiger partial charge in [0.15, 0.2) is 0 Å². The van der Waals surface area contributed by atoms with Gasteiger partial charge in [0.2, 0.25) is 5.91 Å². The van der Waals surface area contributed by atoms with E-state index in [-0.39, 0.29) is 5.91 Å². The Hall–Kier alpha value is -1.02. The number of azide groups is 1. The number of rotatable bonds is 15. The Morgan fingerprint density at radius 1 is 0.762 bits per heavy atom. The number of amides is 1. The number of unbranched alkanes of at least 4 members (excludes halogenated alkanes) is 13. The highest BCUT2D eigenvalue weighted by molar-refractivity contribution is 5.76. The van der Waals surface area contributed by atoms with Crippen LogP contribution in [0, 0.1) is 0 Å². The van der Waals surface area contributed by atoms with Crippen LogP contribution in [0.3, 0.4) is 0 Å². The summed E-state index contributed by atoms with van der Waals surface area (Å²) in [7, 11) is 0. The van der Waals surface area contributed by atoms with Gasteiger partial charge in [-0.3, -0.25) is 4.79 Å². The fraction of sp³-hybridized carbons (Fsp3) is 0.941. The molecule has 0 aliphatic carbocycles. The molecule has 122 valence electrons. The minimum Gasteiger partial charge on any atom is -0.293 e. The molecule has 0 fully saturated rings. The van der Waals surface area contributed by atoms with Crippen molar-refractivity contribution < 1.29 is 4.79 Å². The van der Waals surface area contributed by atoms with Crippen LogP contribution in [-0.4, -0.2) is 5.91 Å². The maximum absolute atomic E-state index is 10.9. The molecule has 0 saturated heterocycles. The van der Waals surface area contributed by atoms with Crippen molar-refractivity contribution in [3.8, 4) is 0 Å². The molecule has 1 amide bonds. The first-order valence-electron chi connectivity index (χ1n) is 8.89. The number of carbonyl (C=O) groups is 1. The van der Waals surface area contributed by atoms with E-state index in [1.807, 2.05) is 0 Å². The fourth-order valence-corrected chi connectivity index (χ4v) is 2.57. The van der Waals surface area contributed by atoms with Gasteiger partial charge in [-0.15, -0.1) is 0 Å².